The fraction of sp³-hybridized carbons (Fsp3) is 0.333. The van der Waals surface area contributed by atoms with Crippen LogP contribution in [0, 0.1) is 0 Å². The van der Waals surface area contributed by atoms with Crippen LogP contribution in [0.25, 0.3) is 0 Å². The van der Waals surface area contributed by atoms with E-state index in [-0.39, 0.29) is 18.2 Å². The molecule has 2 amide bonds. The summed E-state index contributed by atoms with van der Waals surface area (Å²) in [4.78, 5) is 25.2. The van der Waals surface area contributed by atoms with Crippen molar-refractivity contribution in [3.63, 3.8) is 0 Å². The molecule has 2 aromatic rings. The molecule has 0 radical (unpaired) electrons. The maximum atomic E-state index is 12.1. The van der Waals surface area contributed by atoms with Gasteiger partial charge in [-0.15, -0.1) is 22.0 Å². The van der Waals surface area contributed by atoms with Crippen molar-refractivity contribution in [1.82, 2.24) is 10.2 Å². The van der Waals surface area contributed by atoms with Gasteiger partial charge in [-0.3, -0.25) is 9.59 Å². The summed E-state index contributed by atoms with van der Waals surface area (Å²) >= 11 is 2.79. The molecule has 120 valence electrons. The van der Waals surface area contributed by atoms with E-state index in [9.17, 15) is 9.59 Å². The molecule has 0 saturated carbocycles. The summed E-state index contributed by atoms with van der Waals surface area (Å²) in [5, 5.41) is 14.5. The number of aromatic nitrogens is 2. The van der Waals surface area contributed by atoms with E-state index in [0.717, 1.165) is 28.4 Å². The highest BCUT2D eigenvalue weighted by atomic mass is 32.2. The molecule has 6 nitrogen and oxygen atoms in total. The highest BCUT2D eigenvalue weighted by Crippen LogP contribution is 2.36. The molecule has 1 aliphatic rings. The predicted molar refractivity (Wildman–Crippen MR) is 91.9 cm³/mol. The van der Waals surface area contributed by atoms with Crippen LogP contribution in [0.3, 0.4) is 0 Å². The fourth-order valence-electron chi connectivity index (χ4n) is 2.18. The van der Waals surface area contributed by atoms with Crippen LogP contribution in [-0.4, -0.2) is 27.3 Å². The number of fused-ring (bicyclic) bond motifs is 1. The lowest BCUT2D eigenvalue weighted by Gasteiger charge is -2.23. The van der Waals surface area contributed by atoms with E-state index in [1.165, 1.54) is 23.1 Å². The summed E-state index contributed by atoms with van der Waals surface area (Å²) in [7, 11) is 0. The molecular weight excluding hydrogens is 332 g/mol. The molecule has 23 heavy (non-hydrogen) atoms. The summed E-state index contributed by atoms with van der Waals surface area (Å²) in [6.45, 7) is 2.07. The lowest BCUT2D eigenvalue weighted by molar-refractivity contribution is -0.120. The Kier molecular flexibility index (Phi) is 4.92. The number of carbonyl (C=O) groups excluding carboxylic acids is 2. The molecule has 0 spiro atoms. The zero-order valence-electron chi connectivity index (χ0n) is 12.5. The largest absolute Gasteiger partial charge is 0.324 e. The van der Waals surface area contributed by atoms with Crippen LogP contribution < -0.4 is 10.6 Å². The van der Waals surface area contributed by atoms with Crippen molar-refractivity contribution >= 4 is 45.7 Å². The summed E-state index contributed by atoms with van der Waals surface area (Å²) < 4.78 is 0. The van der Waals surface area contributed by atoms with Gasteiger partial charge in [-0.25, -0.2) is 0 Å². The molecule has 2 N–H and O–H groups in total. The van der Waals surface area contributed by atoms with Crippen LogP contribution in [0.1, 0.15) is 24.8 Å². The second-order valence-corrected chi connectivity index (χ2v) is 7.40. The molecule has 0 saturated heterocycles. The SMILES string of the molecule is CCCc1nnc(NC(=O)CC2Sc3ccccc3NC2=O)s1. The Balaban J connectivity index is 1.60. The second-order valence-electron chi connectivity index (χ2n) is 5.10. The van der Waals surface area contributed by atoms with Gasteiger partial charge in [0.2, 0.25) is 16.9 Å². The van der Waals surface area contributed by atoms with E-state index in [1.54, 1.807) is 0 Å². The number of aryl methyl sites for hydroxylation is 1. The number of hydrogen-bond acceptors (Lipinski definition) is 6. The van der Waals surface area contributed by atoms with E-state index in [0.29, 0.717) is 5.13 Å². The molecule has 1 aromatic carbocycles. The summed E-state index contributed by atoms with van der Waals surface area (Å²) in [5.74, 6) is -0.371. The van der Waals surface area contributed by atoms with Crippen molar-refractivity contribution in [3.05, 3.63) is 29.3 Å². The molecule has 1 aromatic heterocycles. The summed E-state index contributed by atoms with van der Waals surface area (Å²) in [6.07, 6.45) is 1.94. The van der Waals surface area contributed by atoms with Gasteiger partial charge in [-0.1, -0.05) is 30.4 Å². The third-order valence-electron chi connectivity index (χ3n) is 3.25. The average molecular weight is 348 g/mol. The molecule has 1 atom stereocenters. The smallest absolute Gasteiger partial charge is 0.238 e. The van der Waals surface area contributed by atoms with Crippen LogP contribution in [-0.2, 0) is 16.0 Å². The molecular formula is C15H16N4O2S2. The van der Waals surface area contributed by atoms with Crippen LogP contribution in [0.2, 0.25) is 0 Å². The molecule has 8 heteroatoms. The first-order valence-corrected chi connectivity index (χ1v) is 9.04. The predicted octanol–water partition coefficient (Wildman–Crippen LogP) is 2.93. The van der Waals surface area contributed by atoms with Gasteiger partial charge in [-0.05, 0) is 18.6 Å². The number of hydrogen-bond donors (Lipinski definition) is 2. The third kappa shape index (κ3) is 3.89. The molecule has 3 rings (SSSR count). The highest BCUT2D eigenvalue weighted by Gasteiger charge is 2.29. The minimum Gasteiger partial charge on any atom is -0.324 e. The Hall–Kier alpha value is -1.93. The minimum absolute atomic E-state index is 0.105. The molecule has 2 heterocycles. The van der Waals surface area contributed by atoms with Crippen molar-refractivity contribution in [3.8, 4) is 0 Å². The van der Waals surface area contributed by atoms with Gasteiger partial charge >= 0.3 is 0 Å². The Morgan fingerprint density at radius 3 is 3.00 bits per heavy atom. The van der Waals surface area contributed by atoms with E-state index in [4.69, 9.17) is 0 Å². The van der Waals surface area contributed by atoms with Crippen molar-refractivity contribution in [2.24, 2.45) is 0 Å². The highest BCUT2D eigenvalue weighted by molar-refractivity contribution is 8.01. The van der Waals surface area contributed by atoms with E-state index < -0.39 is 5.25 Å². The minimum atomic E-state index is -0.437. The van der Waals surface area contributed by atoms with Gasteiger partial charge in [0.25, 0.3) is 0 Å². The van der Waals surface area contributed by atoms with Crippen LogP contribution in [0.5, 0.6) is 0 Å². The Labute approximate surface area is 142 Å². The Morgan fingerprint density at radius 1 is 1.35 bits per heavy atom. The number of nitrogens with zero attached hydrogens (tertiary/aromatic N) is 2. The van der Waals surface area contributed by atoms with Gasteiger partial charge in [0.15, 0.2) is 0 Å². The van der Waals surface area contributed by atoms with Crippen molar-refractivity contribution in [2.45, 2.75) is 36.3 Å². The first-order valence-electron chi connectivity index (χ1n) is 7.34. The number of anilines is 2. The topological polar surface area (TPSA) is 84.0 Å². The first kappa shape index (κ1) is 15.9. The van der Waals surface area contributed by atoms with Gasteiger partial charge in [0, 0.05) is 17.7 Å². The van der Waals surface area contributed by atoms with Crippen LogP contribution >= 0.6 is 23.1 Å². The van der Waals surface area contributed by atoms with E-state index >= 15 is 0 Å². The number of para-hydroxylation sites is 1. The van der Waals surface area contributed by atoms with Crippen LogP contribution in [0.15, 0.2) is 29.2 Å². The number of amides is 2. The Bertz CT molecular complexity index is 732. The van der Waals surface area contributed by atoms with E-state index in [2.05, 4.69) is 27.8 Å². The standard InChI is InChI=1S/C15H16N4O2S2/c1-2-5-13-18-19-15(23-13)17-12(20)8-11-14(21)16-9-6-3-4-7-10(9)22-11/h3-4,6-7,11H,2,5,8H2,1H3,(H,16,21)(H,17,19,20). The molecule has 0 fully saturated rings. The van der Waals surface area contributed by atoms with Gasteiger partial charge in [-0.2, -0.15) is 0 Å². The van der Waals surface area contributed by atoms with Crippen molar-refractivity contribution in [1.29, 1.82) is 0 Å². The maximum absolute atomic E-state index is 12.1. The molecule has 0 aliphatic carbocycles. The third-order valence-corrected chi connectivity index (χ3v) is 5.43. The number of thioether (sulfide) groups is 1. The van der Waals surface area contributed by atoms with E-state index in [1.807, 2.05) is 24.3 Å². The Morgan fingerprint density at radius 2 is 2.17 bits per heavy atom. The quantitative estimate of drug-likeness (QED) is 0.868. The van der Waals surface area contributed by atoms with Gasteiger partial charge < -0.3 is 10.6 Å². The molecule has 0 bridgehead atoms. The lowest BCUT2D eigenvalue weighted by atomic mass is 10.2. The normalized spacial score (nSPS) is 16.6. The summed E-state index contributed by atoms with van der Waals surface area (Å²) in [6, 6.07) is 7.58. The van der Waals surface area contributed by atoms with Crippen LogP contribution in [0.4, 0.5) is 10.8 Å². The van der Waals surface area contributed by atoms with Crippen molar-refractivity contribution in [2.75, 3.05) is 10.6 Å². The molecule has 1 unspecified atom stereocenters. The maximum Gasteiger partial charge on any atom is 0.238 e. The lowest BCUT2D eigenvalue weighted by Crippen LogP contribution is -2.32. The number of nitrogens with one attached hydrogen (secondary N) is 2. The number of rotatable bonds is 5. The number of benzene rings is 1. The number of carbonyl (C=O) groups is 2. The fourth-order valence-corrected chi connectivity index (χ4v) is 4.15. The van der Waals surface area contributed by atoms with Crippen molar-refractivity contribution < 1.29 is 9.59 Å². The zero-order valence-corrected chi connectivity index (χ0v) is 14.2. The first-order chi connectivity index (χ1) is 11.2. The zero-order chi connectivity index (χ0) is 16.2. The summed E-state index contributed by atoms with van der Waals surface area (Å²) in [5.41, 5.74) is 0.799. The second kappa shape index (κ2) is 7.10. The molecule has 1 aliphatic heterocycles. The monoisotopic (exact) mass is 348 g/mol. The van der Waals surface area contributed by atoms with Gasteiger partial charge in [0.1, 0.15) is 5.01 Å². The van der Waals surface area contributed by atoms with Gasteiger partial charge in [0.05, 0.1) is 10.9 Å². The average Bonchev–Trinajstić information content (AvgIpc) is 2.95.